The molecule has 3 aromatic rings. The number of hydrogen-bond donors (Lipinski definition) is 1. The monoisotopic (exact) mass is 326 g/mol. The molecule has 3 rings (SSSR count). The first-order valence-corrected chi connectivity index (χ1v) is 7.51. The number of nitrogens with one attached hydrogen (secondary N) is 1. The number of fused-ring (bicyclic) bond motifs is 1. The number of esters is 1. The summed E-state index contributed by atoms with van der Waals surface area (Å²) in [6, 6.07) is 17.0. The van der Waals surface area contributed by atoms with E-state index in [0.717, 1.165) is 22.2 Å². The minimum Gasteiger partial charge on any atom is -0.465 e. The Morgan fingerprint density at radius 1 is 1.17 bits per heavy atom. The largest absolute Gasteiger partial charge is 0.465 e. The van der Waals surface area contributed by atoms with Gasteiger partial charge < -0.3 is 10.1 Å². The van der Waals surface area contributed by atoms with Gasteiger partial charge in [-0.05, 0) is 36.4 Å². The number of carbonyl (C=O) groups excluding carboxylic acids is 1. The summed E-state index contributed by atoms with van der Waals surface area (Å²) in [7, 11) is 1.36. The Hall–Kier alpha value is -2.59. The summed E-state index contributed by atoms with van der Waals surface area (Å²) in [6.07, 6.45) is 0. The van der Waals surface area contributed by atoms with E-state index in [1.807, 2.05) is 42.5 Å². The molecule has 23 heavy (non-hydrogen) atoms. The van der Waals surface area contributed by atoms with Crippen molar-refractivity contribution in [3.63, 3.8) is 0 Å². The Bertz CT molecular complexity index is 847. The van der Waals surface area contributed by atoms with Crippen LogP contribution in [0.4, 0.5) is 5.69 Å². The van der Waals surface area contributed by atoms with Crippen LogP contribution in [0.25, 0.3) is 10.9 Å². The normalized spacial score (nSPS) is 10.5. The highest BCUT2D eigenvalue weighted by Crippen LogP contribution is 2.21. The maximum absolute atomic E-state index is 11.4. The zero-order valence-corrected chi connectivity index (χ0v) is 13.3. The minimum absolute atomic E-state index is 0.349. The Labute approximate surface area is 139 Å². The van der Waals surface area contributed by atoms with Crippen molar-refractivity contribution in [2.75, 3.05) is 12.4 Å². The number of carbonyl (C=O) groups is 1. The fraction of sp³-hybridized carbons (Fsp3) is 0.111. The molecule has 0 bridgehead atoms. The molecule has 116 valence electrons. The van der Waals surface area contributed by atoms with Crippen LogP contribution < -0.4 is 5.32 Å². The van der Waals surface area contributed by atoms with Crippen molar-refractivity contribution in [2.24, 2.45) is 0 Å². The molecule has 0 amide bonds. The van der Waals surface area contributed by atoms with Gasteiger partial charge >= 0.3 is 5.97 Å². The van der Waals surface area contributed by atoms with Crippen LogP contribution in [-0.2, 0) is 11.3 Å². The molecule has 1 heterocycles. The van der Waals surface area contributed by atoms with Crippen molar-refractivity contribution in [1.29, 1.82) is 0 Å². The molecule has 1 aromatic heterocycles. The molecule has 0 radical (unpaired) electrons. The molecule has 1 N–H and O–H groups in total. The van der Waals surface area contributed by atoms with E-state index in [9.17, 15) is 4.79 Å². The lowest BCUT2D eigenvalue weighted by atomic mass is 10.1. The summed E-state index contributed by atoms with van der Waals surface area (Å²) >= 11 is 6.24. The average Bonchev–Trinajstić information content (AvgIpc) is 2.59. The van der Waals surface area contributed by atoms with Gasteiger partial charge in [0.2, 0.25) is 0 Å². The first kappa shape index (κ1) is 15.3. The van der Waals surface area contributed by atoms with E-state index < -0.39 is 0 Å². The summed E-state index contributed by atoms with van der Waals surface area (Å²) in [6.45, 7) is 0.550. The first-order chi connectivity index (χ1) is 11.2. The number of benzene rings is 2. The predicted octanol–water partition coefficient (Wildman–Crippen LogP) is 4.29. The Balaban J connectivity index is 1.75. The highest BCUT2D eigenvalue weighted by Gasteiger charge is 2.06. The third-order valence-corrected chi connectivity index (χ3v) is 3.87. The van der Waals surface area contributed by atoms with Gasteiger partial charge in [-0.25, -0.2) is 9.78 Å². The van der Waals surface area contributed by atoms with Crippen LogP contribution in [0.1, 0.15) is 15.9 Å². The van der Waals surface area contributed by atoms with Gasteiger partial charge in [0.25, 0.3) is 0 Å². The van der Waals surface area contributed by atoms with Gasteiger partial charge in [0.1, 0.15) is 5.15 Å². The smallest absolute Gasteiger partial charge is 0.337 e. The number of methoxy groups -OCH3 is 1. The van der Waals surface area contributed by atoms with Crippen molar-refractivity contribution >= 4 is 34.2 Å². The summed E-state index contributed by atoms with van der Waals surface area (Å²) in [5, 5.41) is 4.81. The molecule has 2 aromatic carbocycles. The number of nitrogens with zero attached hydrogens (tertiary/aromatic N) is 1. The number of anilines is 1. The first-order valence-electron chi connectivity index (χ1n) is 7.14. The van der Waals surface area contributed by atoms with Gasteiger partial charge in [0.15, 0.2) is 0 Å². The maximum atomic E-state index is 11.4. The summed E-state index contributed by atoms with van der Waals surface area (Å²) in [5.41, 5.74) is 3.21. The number of para-hydroxylation sites is 1. The molecule has 5 heteroatoms. The van der Waals surface area contributed by atoms with E-state index in [4.69, 9.17) is 11.6 Å². The Morgan fingerprint density at radius 2 is 1.91 bits per heavy atom. The number of pyridine rings is 1. The SMILES string of the molecule is COC(=O)c1ccc(NCc2cc3ccccc3nc2Cl)cc1. The van der Waals surface area contributed by atoms with Gasteiger partial charge in [-0.15, -0.1) is 0 Å². The lowest BCUT2D eigenvalue weighted by molar-refractivity contribution is 0.0601. The van der Waals surface area contributed by atoms with Crippen LogP contribution in [-0.4, -0.2) is 18.1 Å². The number of rotatable bonds is 4. The summed E-state index contributed by atoms with van der Waals surface area (Å²) in [5.74, 6) is -0.349. The molecule has 0 aliphatic carbocycles. The fourth-order valence-electron chi connectivity index (χ4n) is 2.30. The molecule has 0 spiro atoms. The average molecular weight is 327 g/mol. The fourth-order valence-corrected chi connectivity index (χ4v) is 2.51. The highest BCUT2D eigenvalue weighted by atomic mass is 35.5. The molecule has 4 nitrogen and oxygen atoms in total. The van der Waals surface area contributed by atoms with Crippen molar-refractivity contribution in [3.8, 4) is 0 Å². The second kappa shape index (κ2) is 6.67. The van der Waals surface area contributed by atoms with Crippen LogP contribution in [0, 0.1) is 0 Å². The lowest BCUT2D eigenvalue weighted by Gasteiger charge is -2.09. The third kappa shape index (κ3) is 3.43. The Morgan fingerprint density at radius 3 is 2.65 bits per heavy atom. The number of ether oxygens (including phenoxy) is 1. The van der Waals surface area contributed by atoms with Crippen LogP contribution in [0.3, 0.4) is 0 Å². The van der Waals surface area contributed by atoms with Crippen molar-refractivity contribution in [2.45, 2.75) is 6.54 Å². The zero-order valence-electron chi connectivity index (χ0n) is 12.5. The van der Waals surface area contributed by atoms with Crippen LogP contribution in [0.2, 0.25) is 5.15 Å². The molecular weight excluding hydrogens is 312 g/mol. The topological polar surface area (TPSA) is 51.2 Å². The highest BCUT2D eigenvalue weighted by molar-refractivity contribution is 6.30. The van der Waals surface area contributed by atoms with E-state index >= 15 is 0 Å². The second-order valence-electron chi connectivity index (χ2n) is 5.05. The van der Waals surface area contributed by atoms with E-state index in [2.05, 4.69) is 15.0 Å². The maximum Gasteiger partial charge on any atom is 0.337 e. The molecule has 0 fully saturated rings. The summed E-state index contributed by atoms with van der Waals surface area (Å²) < 4.78 is 4.68. The van der Waals surface area contributed by atoms with Crippen LogP contribution in [0.15, 0.2) is 54.6 Å². The number of halogens is 1. The molecule has 0 saturated heterocycles. The predicted molar refractivity (Wildman–Crippen MR) is 91.9 cm³/mol. The Kier molecular flexibility index (Phi) is 4.44. The van der Waals surface area contributed by atoms with Gasteiger partial charge in [0.05, 0.1) is 18.2 Å². The van der Waals surface area contributed by atoms with E-state index in [1.165, 1.54) is 7.11 Å². The molecule has 0 saturated carbocycles. The van der Waals surface area contributed by atoms with Crippen molar-refractivity contribution in [3.05, 3.63) is 70.9 Å². The van der Waals surface area contributed by atoms with Gasteiger partial charge in [-0.3, -0.25) is 0 Å². The van der Waals surface area contributed by atoms with Crippen molar-refractivity contribution < 1.29 is 9.53 Å². The summed E-state index contributed by atoms with van der Waals surface area (Å²) in [4.78, 5) is 15.8. The van der Waals surface area contributed by atoms with E-state index in [1.54, 1.807) is 12.1 Å². The van der Waals surface area contributed by atoms with Crippen LogP contribution >= 0.6 is 11.6 Å². The molecule has 0 aliphatic rings. The minimum atomic E-state index is -0.349. The number of aromatic nitrogens is 1. The van der Waals surface area contributed by atoms with Crippen LogP contribution in [0.5, 0.6) is 0 Å². The van der Waals surface area contributed by atoms with Gasteiger partial charge in [0, 0.05) is 23.2 Å². The second-order valence-corrected chi connectivity index (χ2v) is 5.41. The standard InChI is InChI=1S/C18H15ClN2O2/c1-23-18(22)12-6-8-15(9-7-12)20-11-14-10-13-4-2-3-5-16(13)21-17(14)19/h2-10,20H,11H2,1H3. The molecule has 0 atom stereocenters. The quantitative estimate of drug-likeness (QED) is 0.574. The molecular formula is C18H15ClN2O2. The van der Waals surface area contributed by atoms with Crippen molar-refractivity contribution in [1.82, 2.24) is 4.98 Å². The zero-order chi connectivity index (χ0) is 16.2. The van der Waals surface area contributed by atoms with Gasteiger partial charge in [-0.2, -0.15) is 0 Å². The molecule has 0 aliphatic heterocycles. The van der Waals surface area contributed by atoms with E-state index in [-0.39, 0.29) is 5.97 Å². The van der Waals surface area contributed by atoms with E-state index in [0.29, 0.717) is 17.3 Å². The van der Waals surface area contributed by atoms with Gasteiger partial charge in [-0.1, -0.05) is 29.8 Å². The number of hydrogen-bond acceptors (Lipinski definition) is 4. The lowest BCUT2D eigenvalue weighted by Crippen LogP contribution is -2.03. The third-order valence-electron chi connectivity index (χ3n) is 3.54. The molecule has 0 unspecified atom stereocenters.